The fourth-order valence-electron chi connectivity index (χ4n) is 3.93. The number of hydrazone groups is 1. The second-order valence-electron chi connectivity index (χ2n) is 8.13. The molecule has 1 N–H and O–H groups in total. The first-order valence-electron chi connectivity index (χ1n) is 11.7. The number of hydrogen-bond acceptors (Lipinski definition) is 6. The maximum atomic E-state index is 13.6. The zero-order valence-electron chi connectivity index (χ0n) is 20.8. The van der Waals surface area contributed by atoms with Crippen LogP contribution in [0.4, 0.5) is 4.79 Å². The highest BCUT2D eigenvalue weighted by atomic mass is 16.5. The zero-order chi connectivity index (χ0) is 25.2. The lowest BCUT2D eigenvalue weighted by atomic mass is 9.97. The Morgan fingerprint density at radius 2 is 1.91 bits per heavy atom. The predicted molar refractivity (Wildman–Crippen MR) is 134 cm³/mol. The van der Waals surface area contributed by atoms with Crippen molar-refractivity contribution in [1.29, 1.82) is 0 Å². The zero-order valence-corrected chi connectivity index (χ0v) is 20.8. The molecular weight excluding hydrogens is 448 g/mol. The van der Waals surface area contributed by atoms with Crippen molar-refractivity contribution in [2.75, 3.05) is 47.6 Å². The standard InChI is InChI=1S/C26H34N4O5/c1-5-13-27-26(32)29(14-15-33-2)18-25(31)30-23(21-11-6-7-12-24(21)35-4)17-22(28-30)19-9-8-10-20(16-19)34-3/h6-12,16,23H,5,13-15,17-18H2,1-4H3,(H,27,32)/t23-/m0/s1. The first kappa shape index (κ1) is 26.0. The average Bonchev–Trinajstić information content (AvgIpc) is 3.35. The minimum absolute atomic E-state index is 0.126. The van der Waals surface area contributed by atoms with Crippen molar-refractivity contribution in [3.8, 4) is 11.5 Å². The van der Waals surface area contributed by atoms with Gasteiger partial charge >= 0.3 is 6.03 Å². The molecule has 1 aliphatic heterocycles. The number of methoxy groups -OCH3 is 3. The van der Waals surface area contributed by atoms with Crippen LogP contribution in [0, 0.1) is 0 Å². The molecule has 0 saturated heterocycles. The van der Waals surface area contributed by atoms with Gasteiger partial charge in [-0.15, -0.1) is 0 Å². The van der Waals surface area contributed by atoms with Gasteiger partial charge < -0.3 is 24.4 Å². The third-order valence-corrected chi connectivity index (χ3v) is 5.77. The van der Waals surface area contributed by atoms with Gasteiger partial charge in [0.15, 0.2) is 0 Å². The minimum Gasteiger partial charge on any atom is -0.497 e. The molecule has 188 valence electrons. The van der Waals surface area contributed by atoms with Gasteiger partial charge in [-0.25, -0.2) is 9.80 Å². The number of carbonyl (C=O) groups excluding carboxylic acids is 2. The van der Waals surface area contributed by atoms with Crippen LogP contribution in [0.3, 0.4) is 0 Å². The number of urea groups is 1. The van der Waals surface area contributed by atoms with Crippen LogP contribution in [0.15, 0.2) is 53.6 Å². The summed E-state index contributed by atoms with van der Waals surface area (Å²) in [6.07, 6.45) is 1.30. The number of hydrogen-bond donors (Lipinski definition) is 1. The Hall–Kier alpha value is -3.59. The number of carbonyl (C=O) groups is 2. The quantitative estimate of drug-likeness (QED) is 0.530. The molecule has 1 heterocycles. The molecule has 0 unspecified atom stereocenters. The normalized spacial score (nSPS) is 14.9. The number of para-hydroxylation sites is 1. The molecule has 1 atom stereocenters. The highest BCUT2D eigenvalue weighted by Crippen LogP contribution is 2.37. The van der Waals surface area contributed by atoms with Gasteiger partial charge in [-0.2, -0.15) is 5.10 Å². The van der Waals surface area contributed by atoms with Gasteiger partial charge in [-0.3, -0.25) is 4.79 Å². The average molecular weight is 483 g/mol. The Kier molecular flexibility index (Phi) is 9.48. The second kappa shape index (κ2) is 12.8. The molecule has 3 rings (SSSR count). The number of ether oxygens (including phenoxy) is 3. The summed E-state index contributed by atoms with van der Waals surface area (Å²) in [5.74, 6) is 1.10. The maximum absolute atomic E-state index is 13.6. The Morgan fingerprint density at radius 3 is 2.63 bits per heavy atom. The van der Waals surface area contributed by atoms with Crippen LogP contribution in [-0.4, -0.2) is 75.1 Å². The molecule has 0 aromatic heterocycles. The van der Waals surface area contributed by atoms with Crippen LogP contribution < -0.4 is 14.8 Å². The molecule has 0 saturated carbocycles. The molecule has 3 amide bonds. The number of rotatable bonds is 11. The Balaban J connectivity index is 1.92. The van der Waals surface area contributed by atoms with Crippen LogP contribution in [0.1, 0.15) is 36.9 Å². The Morgan fingerprint density at radius 1 is 1.11 bits per heavy atom. The van der Waals surface area contributed by atoms with Crippen molar-refractivity contribution < 1.29 is 23.8 Å². The Labute approximate surface area is 206 Å². The summed E-state index contributed by atoms with van der Waals surface area (Å²) in [7, 11) is 4.78. The van der Waals surface area contributed by atoms with E-state index < -0.39 is 0 Å². The van der Waals surface area contributed by atoms with Crippen LogP contribution in [0.25, 0.3) is 0 Å². The first-order chi connectivity index (χ1) is 17.0. The van der Waals surface area contributed by atoms with Gasteiger partial charge in [0, 0.05) is 37.7 Å². The summed E-state index contributed by atoms with van der Waals surface area (Å²) in [6.45, 7) is 2.99. The monoisotopic (exact) mass is 482 g/mol. The van der Waals surface area contributed by atoms with Crippen LogP contribution >= 0.6 is 0 Å². The molecule has 2 aromatic rings. The fraction of sp³-hybridized carbons (Fsp3) is 0.423. The van der Waals surface area contributed by atoms with Gasteiger partial charge in [0.25, 0.3) is 5.91 Å². The van der Waals surface area contributed by atoms with Crippen LogP contribution in [0.5, 0.6) is 11.5 Å². The molecule has 0 bridgehead atoms. The van der Waals surface area contributed by atoms with E-state index in [4.69, 9.17) is 19.3 Å². The van der Waals surface area contributed by atoms with Crippen molar-refractivity contribution in [2.24, 2.45) is 5.10 Å². The number of benzene rings is 2. The van der Waals surface area contributed by atoms with Crippen molar-refractivity contribution in [1.82, 2.24) is 15.2 Å². The minimum atomic E-state index is -0.372. The van der Waals surface area contributed by atoms with E-state index in [9.17, 15) is 9.59 Å². The summed E-state index contributed by atoms with van der Waals surface area (Å²) >= 11 is 0. The summed E-state index contributed by atoms with van der Waals surface area (Å²) in [5, 5.41) is 9.03. The van der Waals surface area contributed by atoms with E-state index in [0.29, 0.717) is 31.1 Å². The van der Waals surface area contributed by atoms with Gasteiger partial charge in [0.1, 0.15) is 18.0 Å². The van der Waals surface area contributed by atoms with E-state index in [0.717, 1.165) is 23.3 Å². The number of nitrogens with zero attached hydrogens (tertiary/aromatic N) is 3. The molecule has 35 heavy (non-hydrogen) atoms. The summed E-state index contributed by atoms with van der Waals surface area (Å²) in [6, 6.07) is 14.5. The molecule has 0 fully saturated rings. The van der Waals surface area contributed by atoms with Crippen LogP contribution in [0.2, 0.25) is 0 Å². The highest BCUT2D eigenvalue weighted by Gasteiger charge is 2.36. The van der Waals surface area contributed by atoms with Crippen LogP contribution in [-0.2, 0) is 9.53 Å². The molecule has 2 aromatic carbocycles. The first-order valence-corrected chi connectivity index (χ1v) is 11.7. The maximum Gasteiger partial charge on any atom is 0.317 e. The third kappa shape index (κ3) is 6.51. The highest BCUT2D eigenvalue weighted by molar-refractivity contribution is 6.03. The summed E-state index contributed by atoms with van der Waals surface area (Å²) in [4.78, 5) is 27.7. The molecule has 1 aliphatic rings. The summed E-state index contributed by atoms with van der Waals surface area (Å²) in [5.41, 5.74) is 2.48. The largest absolute Gasteiger partial charge is 0.497 e. The van der Waals surface area contributed by atoms with E-state index in [1.165, 1.54) is 9.91 Å². The van der Waals surface area contributed by atoms with E-state index in [-0.39, 0.29) is 31.1 Å². The predicted octanol–water partition coefficient (Wildman–Crippen LogP) is 3.45. The molecule has 0 spiro atoms. The van der Waals surface area contributed by atoms with E-state index in [2.05, 4.69) is 5.32 Å². The lowest BCUT2D eigenvalue weighted by Gasteiger charge is -2.27. The van der Waals surface area contributed by atoms with Crippen molar-refractivity contribution in [2.45, 2.75) is 25.8 Å². The van der Waals surface area contributed by atoms with Gasteiger partial charge in [0.2, 0.25) is 0 Å². The molecule has 9 nitrogen and oxygen atoms in total. The SMILES string of the molecule is CCCNC(=O)N(CCOC)CC(=O)N1N=C(c2cccc(OC)c2)C[C@H]1c1ccccc1OC. The van der Waals surface area contributed by atoms with Gasteiger partial charge in [-0.05, 0) is 24.6 Å². The molecular formula is C26H34N4O5. The second-order valence-corrected chi connectivity index (χ2v) is 8.13. The van der Waals surface area contributed by atoms with Crippen molar-refractivity contribution in [3.63, 3.8) is 0 Å². The summed E-state index contributed by atoms with van der Waals surface area (Å²) < 4.78 is 16.1. The topological polar surface area (TPSA) is 92.7 Å². The molecule has 0 radical (unpaired) electrons. The molecule has 9 heteroatoms. The van der Waals surface area contributed by atoms with Gasteiger partial charge in [0.05, 0.1) is 32.6 Å². The third-order valence-electron chi connectivity index (χ3n) is 5.77. The Bertz CT molecular complexity index is 1040. The van der Waals surface area contributed by atoms with E-state index in [1.54, 1.807) is 21.3 Å². The lowest BCUT2D eigenvalue weighted by Crippen LogP contribution is -2.47. The fourth-order valence-corrected chi connectivity index (χ4v) is 3.93. The van der Waals surface area contributed by atoms with Crippen molar-refractivity contribution in [3.05, 3.63) is 59.7 Å². The smallest absolute Gasteiger partial charge is 0.317 e. The van der Waals surface area contributed by atoms with Crippen molar-refractivity contribution >= 4 is 17.6 Å². The number of amides is 3. The lowest BCUT2D eigenvalue weighted by molar-refractivity contribution is -0.133. The van der Waals surface area contributed by atoms with E-state index in [1.807, 2.05) is 55.5 Å². The van der Waals surface area contributed by atoms with E-state index >= 15 is 0 Å². The molecule has 0 aliphatic carbocycles. The van der Waals surface area contributed by atoms with Gasteiger partial charge in [-0.1, -0.05) is 37.3 Å². The number of nitrogens with one attached hydrogen (secondary N) is 1.